The fourth-order valence-corrected chi connectivity index (χ4v) is 3.84. The van der Waals surface area contributed by atoms with Crippen LogP contribution in [0.1, 0.15) is 47.8 Å². The Morgan fingerprint density at radius 3 is 2.76 bits per heavy atom. The summed E-state index contributed by atoms with van der Waals surface area (Å²) in [5.41, 5.74) is 1.47. The van der Waals surface area contributed by atoms with E-state index in [0.29, 0.717) is 31.5 Å². The normalized spacial score (nSPS) is 16.7. The van der Waals surface area contributed by atoms with Gasteiger partial charge in [-0.05, 0) is 43.5 Å². The number of nitrogens with zero attached hydrogens (tertiary/aromatic N) is 4. The average Bonchev–Trinajstić information content (AvgIpc) is 3.21. The van der Waals surface area contributed by atoms with Gasteiger partial charge in [-0.15, -0.1) is 10.2 Å². The van der Waals surface area contributed by atoms with Crippen molar-refractivity contribution >= 4 is 17.5 Å². The average molecular weight is 391 g/mol. The summed E-state index contributed by atoms with van der Waals surface area (Å²) in [6, 6.07) is 15.0. The number of rotatable bonds is 6. The molecule has 29 heavy (non-hydrogen) atoms. The molecule has 1 N–H and O–H groups in total. The van der Waals surface area contributed by atoms with E-state index >= 15 is 0 Å². The molecule has 1 atom stereocenters. The molecule has 1 aromatic carbocycles. The van der Waals surface area contributed by atoms with Crippen molar-refractivity contribution in [1.82, 2.24) is 24.8 Å². The summed E-state index contributed by atoms with van der Waals surface area (Å²) in [7, 11) is 0. The SMILES string of the molecule is O=C(NCCCC(=O)N1CCCC(c2nnc3ccccn23)C1)c1ccccc1. The molecule has 0 bridgehead atoms. The maximum atomic E-state index is 12.7. The lowest BCUT2D eigenvalue weighted by atomic mass is 9.97. The Morgan fingerprint density at radius 1 is 1.07 bits per heavy atom. The highest BCUT2D eigenvalue weighted by atomic mass is 16.2. The molecular weight excluding hydrogens is 366 g/mol. The standard InChI is InChI=1S/C22H25N5O2/c28-20(12-6-13-23-22(29)17-8-2-1-3-9-17)26-14-7-10-18(16-26)21-25-24-19-11-4-5-15-27(19)21/h1-5,8-9,11,15,18H,6-7,10,12-14,16H2,(H,23,29). The Kier molecular flexibility index (Phi) is 5.84. The van der Waals surface area contributed by atoms with Crippen molar-refractivity contribution in [2.24, 2.45) is 0 Å². The molecule has 1 aliphatic rings. The van der Waals surface area contributed by atoms with E-state index in [2.05, 4.69) is 15.5 Å². The lowest BCUT2D eigenvalue weighted by Crippen LogP contribution is -2.39. The first-order chi connectivity index (χ1) is 14.2. The summed E-state index contributed by atoms with van der Waals surface area (Å²) in [5, 5.41) is 11.5. The Morgan fingerprint density at radius 2 is 1.90 bits per heavy atom. The molecule has 0 saturated carbocycles. The Labute approximate surface area is 169 Å². The second-order valence-corrected chi connectivity index (χ2v) is 7.39. The van der Waals surface area contributed by atoms with Gasteiger partial charge in [0, 0.05) is 43.7 Å². The van der Waals surface area contributed by atoms with Gasteiger partial charge >= 0.3 is 0 Å². The maximum absolute atomic E-state index is 12.7. The van der Waals surface area contributed by atoms with Crippen LogP contribution in [0.3, 0.4) is 0 Å². The molecule has 0 radical (unpaired) electrons. The van der Waals surface area contributed by atoms with Crippen LogP contribution in [0.15, 0.2) is 54.7 Å². The molecule has 4 rings (SSSR count). The highest BCUT2D eigenvalue weighted by Crippen LogP contribution is 2.26. The number of benzene rings is 1. The smallest absolute Gasteiger partial charge is 0.251 e. The highest BCUT2D eigenvalue weighted by Gasteiger charge is 2.27. The number of pyridine rings is 1. The summed E-state index contributed by atoms with van der Waals surface area (Å²) < 4.78 is 2.01. The third-order valence-corrected chi connectivity index (χ3v) is 5.37. The largest absolute Gasteiger partial charge is 0.352 e. The van der Waals surface area contributed by atoms with E-state index in [1.165, 1.54) is 0 Å². The van der Waals surface area contributed by atoms with Gasteiger partial charge < -0.3 is 10.2 Å². The molecule has 1 unspecified atom stereocenters. The van der Waals surface area contributed by atoms with E-state index in [-0.39, 0.29) is 17.7 Å². The maximum Gasteiger partial charge on any atom is 0.251 e. The predicted molar refractivity (Wildman–Crippen MR) is 110 cm³/mol. The van der Waals surface area contributed by atoms with E-state index in [0.717, 1.165) is 30.9 Å². The number of nitrogens with one attached hydrogen (secondary N) is 1. The van der Waals surface area contributed by atoms with Gasteiger partial charge in [0.2, 0.25) is 5.91 Å². The Balaban J connectivity index is 1.27. The molecule has 3 aromatic rings. The number of hydrogen-bond donors (Lipinski definition) is 1. The van der Waals surface area contributed by atoms with Crippen molar-refractivity contribution < 1.29 is 9.59 Å². The van der Waals surface area contributed by atoms with Gasteiger partial charge in [-0.3, -0.25) is 14.0 Å². The molecule has 0 aliphatic carbocycles. The minimum absolute atomic E-state index is 0.102. The van der Waals surface area contributed by atoms with Crippen LogP contribution in [-0.2, 0) is 4.79 Å². The van der Waals surface area contributed by atoms with Gasteiger partial charge in [0.25, 0.3) is 5.91 Å². The Hall–Kier alpha value is -3.22. The summed E-state index contributed by atoms with van der Waals surface area (Å²) >= 11 is 0. The van der Waals surface area contributed by atoms with Crippen LogP contribution >= 0.6 is 0 Å². The van der Waals surface area contributed by atoms with Crippen LogP contribution in [0.4, 0.5) is 0 Å². The number of amides is 2. The minimum Gasteiger partial charge on any atom is -0.352 e. The number of carbonyl (C=O) groups excluding carboxylic acids is 2. The third kappa shape index (κ3) is 4.45. The minimum atomic E-state index is -0.102. The number of likely N-dealkylation sites (tertiary alicyclic amines) is 1. The second kappa shape index (κ2) is 8.86. The summed E-state index contributed by atoms with van der Waals surface area (Å²) in [6.07, 6.45) is 5.01. The number of fused-ring (bicyclic) bond motifs is 1. The first-order valence-corrected chi connectivity index (χ1v) is 10.1. The molecule has 3 heterocycles. The van der Waals surface area contributed by atoms with Crippen LogP contribution in [0.25, 0.3) is 5.65 Å². The van der Waals surface area contributed by atoms with Crippen molar-refractivity contribution in [2.45, 2.75) is 31.6 Å². The van der Waals surface area contributed by atoms with Gasteiger partial charge in [0.05, 0.1) is 0 Å². The summed E-state index contributed by atoms with van der Waals surface area (Å²) in [6.45, 7) is 1.94. The molecule has 7 nitrogen and oxygen atoms in total. The summed E-state index contributed by atoms with van der Waals surface area (Å²) in [4.78, 5) is 26.6. The van der Waals surface area contributed by atoms with Crippen LogP contribution in [0.2, 0.25) is 0 Å². The van der Waals surface area contributed by atoms with Crippen LogP contribution < -0.4 is 5.32 Å². The fourth-order valence-electron chi connectivity index (χ4n) is 3.84. The number of hydrogen-bond acceptors (Lipinski definition) is 4. The summed E-state index contributed by atoms with van der Waals surface area (Å²) in [5.74, 6) is 1.16. The molecule has 1 fully saturated rings. The second-order valence-electron chi connectivity index (χ2n) is 7.39. The monoisotopic (exact) mass is 391 g/mol. The van der Waals surface area contributed by atoms with Crippen LogP contribution in [-0.4, -0.2) is 50.9 Å². The first-order valence-electron chi connectivity index (χ1n) is 10.1. The van der Waals surface area contributed by atoms with E-state index in [4.69, 9.17) is 0 Å². The molecule has 1 aliphatic heterocycles. The van der Waals surface area contributed by atoms with Crippen molar-refractivity contribution in [2.75, 3.05) is 19.6 Å². The van der Waals surface area contributed by atoms with Gasteiger partial charge in [-0.2, -0.15) is 0 Å². The van der Waals surface area contributed by atoms with Gasteiger partial charge in [0.15, 0.2) is 5.65 Å². The van der Waals surface area contributed by atoms with Crippen molar-refractivity contribution in [3.63, 3.8) is 0 Å². The van der Waals surface area contributed by atoms with Crippen molar-refractivity contribution in [3.8, 4) is 0 Å². The zero-order valence-corrected chi connectivity index (χ0v) is 16.3. The molecule has 2 aromatic heterocycles. The van der Waals surface area contributed by atoms with E-state index < -0.39 is 0 Å². The highest BCUT2D eigenvalue weighted by molar-refractivity contribution is 5.94. The first kappa shape index (κ1) is 19.1. The molecule has 2 amide bonds. The van der Waals surface area contributed by atoms with Crippen molar-refractivity contribution in [3.05, 3.63) is 66.1 Å². The lowest BCUT2D eigenvalue weighted by Gasteiger charge is -2.32. The zero-order chi connectivity index (χ0) is 20.1. The molecule has 1 saturated heterocycles. The number of carbonyl (C=O) groups is 2. The molecule has 0 spiro atoms. The zero-order valence-electron chi connectivity index (χ0n) is 16.3. The van der Waals surface area contributed by atoms with Crippen molar-refractivity contribution in [1.29, 1.82) is 0 Å². The molecule has 7 heteroatoms. The molecular formula is C22H25N5O2. The van der Waals surface area contributed by atoms with Crippen LogP contribution in [0, 0.1) is 0 Å². The van der Waals surface area contributed by atoms with E-state index in [1.807, 2.05) is 51.9 Å². The molecule has 150 valence electrons. The third-order valence-electron chi connectivity index (χ3n) is 5.37. The number of aromatic nitrogens is 3. The van der Waals surface area contributed by atoms with E-state index in [1.54, 1.807) is 12.1 Å². The van der Waals surface area contributed by atoms with Gasteiger partial charge in [-0.25, -0.2) is 0 Å². The Bertz CT molecular complexity index is 985. The predicted octanol–water partition coefficient (Wildman–Crippen LogP) is 2.65. The van der Waals surface area contributed by atoms with Crippen LogP contribution in [0.5, 0.6) is 0 Å². The number of piperidine rings is 1. The van der Waals surface area contributed by atoms with Gasteiger partial charge in [-0.1, -0.05) is 24.3 Å². The fraction of sp³-hybridized carbons (Fsp3) is 0.364. The topological polar surface area (TPSA) is 79.6 Å². The lowest BCUT2D eigenvalue weighted by molar-refractivity contribution is -0.132. The quantitative estimate of drug-likeness (QED) is 0.655. The van der Waals surface area contributed by atoms with E-state index in [9.17, 15) is 9.59 Å². The van der Waals surface area contributed by atoms with Gasteiger partial charge in [0.1, 0.15) is 5.82 Å².